The van der Waals surface area contributed by atoms with Crippen molar-refractivity contribution in [3.8, 4) is 0 Å². The molecule has 2 atom stereocenters. The van der Waals surface area contributed by atoms with E-state index in [1.807, 2.05) is 0 Å². The maximum absolute atomic E-state index is 11.0. The van der Waals surface area contributed by atoms with Crippen LogP contribution < -0.4 is 5.73 Å². The number of carbonyl (C=O) groups excluding carboxylic acids is 1. The molecule has 0 aliphatic heterocycles. The molecule has 0 saturated heterocycles. The van der Waals surface area contributed by atoms with E-state index >= 15 is 0 Å². The van der Waals surface area contributed by atoms with Crippen LogP contribution in [0.3, 0.4) is 0 Å². The Morgan fingerprint density at radius 2 is 2.19 bits per heavy atom. The van der Waals surface area contributed by atoms with Gasteiger partial charge in [0.25, 0.3) is 0 Å². The molecule has 2 unspecified atom stereocenters. The van der Waals surface area contributed by atoms with Crippen molar-refractivity contribution < 1.29 is 19.7 Å². The van der Waals surface area contributed by atoms with Crippen LogP contribution in [0.4, 0.5) is 5.69 Å². The van der Waals surface area contributed by atoms with Gasteiger partial charge in [-0.3, -0.25) is 4.98 Å². The van der Waals surface area contributed by atoms with Gasteiger partial charge < -0.3 is 20.7 Å². The zero-order valence-electron chi connectivity index (χ0n) is 9.04. The van der Waals surface area contributed by atoms with Crippen molar-refractivity contribution in [2.24, 2.45) is 0 Å². The van der Waals surface area contributed by atoms with Crippen molar-refractivity contribution in [3.63, 3.8) is 0 Å². The number of hydrogen-bond donors (Lipinski definition) is 3. The Morgan fingerprint density at radius 1 is 1.56 bits per heavy atom. The summed E-state index contributed by atoms with van der Waals surface area (Å²) in [6.45, 7) is 1.71. The highest BCUT2D eigenvalue weighted by Crippen LogP contribution is 2.20. The van der Waals surface area contributed by atoms with Crippen LogP contribution in [0.5, 0.6) is 0 Å². The van der Waals surface area contributed by atoms with E-state index in [9.17, 15) is 15.0 Å². The minimum atomic E-state index is -1.64. The quantitative estimate of drug-likeness (QED) is 0.602. The van der Waals surface area contributed by atoms with E-state index in [-0.39, 0.29) is 5.56 Å². The summed E-state index contributed by atoms with van der Waals surface area (Å²) in [5, 5.41) is 19.1. The molecule has 88 valence electrons. The van der Waals surface area contributed by atoms with Crippen LogP contribution in [0.2, 0.25) is 0 Å². The van der Waals surface area contributed by atoms with Crippen LogP contribution in [0, 0.1) is 6.92 Å². The summed E-state index contributed by atoms with van der Waals surface area (Å²) in [4.78, 5) is 14.9. The van der Waals surface area contributed by atoms with Gasteiger partial charge in [0.05, 0.1) is 18.5 Å². The number of aliphatic hydroxyl groups excluding tert-OH is 2. The predicted octanol–water partition coefficient (Wildman–Crippen LogP) is -0.460. The van der Waals surface area contributed by atoms with Crippen LogP contribution in [-0.4, -0.2) is 34.4 Å². The minimum absolute atomic E-state index is 0.265. The lowest BCUT2D eigenvalue weighted by Crippen LogP contribution is -2.29. The second kappa shape index (κ2) is 4.91. The Bertz CT molecular complexity index is 394. The first-order chi connectivity index (χ1) is 7.47. The van der Waals surface area contributed by atoms with Crippen LogP contribution in [0.15, 0.2) is 12.3 Å². The number of nitrogens with zero attached hydrogens (tertiary/aromatic N) is 1. The minimum Gasteiger partial charge on any atom is -0.467 e. The summed E-state index contributed by atoms with van der Waals surface area (Å²) >= 11 is 0. The van der Waals surface area contributed by atoms with Crippen molar-refractivity contribution in [2.75, 3.05) is 12.8 Å². The lowest BCUT2D eigenvalue weighted by atomic mass is 10.1. The van der Waals surface area contributed by atoms with Gasteiger partial charge in [-0.1, -0.05) is 0 Å². The molecule has 0 radical (unpaired) electrons. The maximum atomic E-state index is 11.0. The number of ether oxygens (including phenoxy) is 1. The van der Waals surface area contributed by atoms with Crippen molar-refractivity contribution in [1.29, 1.82) is 0 Å². The van der Waals surface area contributed by atoms with Crippen molar-refractivity contribution >= 4 is 11.7 Å². The summed E-state index contributed by atoms with van der Waals surface area (Å²) in [7, 11) is 1.13. The number of aryl methyl sites for hydroxylation is 1. The van der Waals surface area contributed by atoms with Gasteiger partial charge in [0.1, 0.15) is 6.10 Å². The molecule has 0 aromatic carbocycles. The smallest absolute Gasteiger partial charge is 0.337 e. The molecule has 16 heavy (non-hydrogen) atoms. The Labute approximate surface area is 92.7 Å². The number of hydrogen-bond acceptors (Lipinski definition) is 6. The van der Waals surface area contributed by atoms with Gasteiger partial charge in [-0.25, -0.2) is 4.79 Å². The Kier molecular flexibility index (Phi) is 3.81. The molecule has 0 aliphatic carbocycles. The normalized spacial score (nSPS) is 14.2. The third kappa shape index (κ3) is 2.47. The number of methoxy groups -OCH3 is 1. The largest absolute Gasteiger partial charge is 0.467 e. The molecule has 0 saturated carbocycles. The highest BCUT2D eigenvalue weighted by Gasteiger charge is 2.26. The number of nitrogens with two attached hydrogens (primary N) is 1. The number of carbonyl (C=O) groups is 1. The Balaban J connectivity index is 2.91. The molecule has 0 fully saturated rings. The summed E-state index contributed by atoms with van der Waals surface area (Å²) in [6, 6.07) is 1.46. The highest BCUT2D eigenvalue weighted by molar-refractivity contribution is 5.75. The lowest BCUT2D eigenvalue weighted by molar-refractivity contribution is -0.156. The van der Waals surface area contributed by atoms with Crippen molar-refractivity contribution in [1.82, 2.24) is 4.98 Å². The number of esters is 1. The maximum Gasteiger partial charge on any atom is 0.337 e. The van der Waals surface area contributed by atoms with Crippen molar-refractivity contribution in [2.45, 2.75) is 19.1 Å². The topological polar surface area (TPSA) is 106 Å². The second-order valence-electron chi connectivity index (χ2n) is 3.36. The number of rotatable bonds is 3. The molecule has 1 aromatic rings. The number of aromatic nitrogens is 1. The van der Waals surface area contributed by atoms with Gasteiger partial charge in [-0.15, -0.1) is 0 Å². The highest BCUT2D eigenvalue weighted by atomic mass is 16.5. The van der Waals surface area contributed by atoms with E-state index in [4.69, 9.17) is 5.73 Å². The van der Waals surface area contributed by atoms with Crippen LogP contribution in [-0.2, 0) is 9.53 Å². The van der Waals surface area contributed by atoms with Crippen molar-refractivity contribution in [3.05, 3.63) is 23.5 Å². The van der Waals surface area contributed by atoms with Gasteiger partial charge in [-0.05, 0) is 13.0 Å². The van der Waals surface area contributed by atoms with Crippen LogP contribution >= 0.6 is 0 Å². The number of aliphatic hydroxyl groups is 2. The SMILES string of the molecule is COC(=O)C(O)C(O)c1cnc(C)c(N)c1. The summed E-state index contributed by atoms with van der Waals surface area (Å²) in [6.07, 6.45) is -1.69. The molecule has 6 heteroatoms. The monoisotopic (exact) mass is 226 g/mol. The predicted molar refractivity (Wildman–Crippen MR) is 56.4 cm³/mol. The average Bonchev–Trinajstić information content (AvgIpc) is 2.29. The second-order valence-corrected chi connectivity index (χ2v) is 3.36. The van der Waals surface area contributed by atoms with Crippen LogP contribution in [0.1, 0.15) is 17.4 Å². The Hall–Kier alpha value is -1.66. The molecule has 0 bridgehead atoms. The first-order valence-electron chi connectivity index (χ1n) is 4.63. The van der Waals surface area contributed by atoms with Gasteiger partial charge in [0, 0.05) is 11.8 Å². The zero-order valence-corrected chi connectivity index (χ0v) is 9.04. The first kappa shape index (κ1) is 12.4. The lowest BCUT2D eigenvalue weighted by Gasteiger charge is -2.16. The molecule has 6 nitrogen and oxygen atoms in total. The van der Waals surface area contributed by atoms with E-state index in [1.54, 1.807) is 6.92 Å². The fraction of sp³-hybridized carbons (Fsp3) is 0.400. The molecule has 1 rings (SSSR count). The van der Waals surface area contributed by atoms with E-state index in [2.05, 4.69) is 9.72 Å². The van der Waals surface area contributed by atoms with Gasteiger partial charge >= 0.3 is 5.97 Å². The van der Waals surface area contributed by atoms with E-state index in [1.165, 1.54) is 12.3 Å². The molecule has 1 heterocycles. The first-order valence-corrected chi connectivity index (χ1v) is 4.63. The number of nitrogen functional groups attached to an aromatic ring is 1. The Morgan fingerprint density at radius 3 is 2.69 bits per heavy atom. The average molecular weight is 226 g/mol. The number of pyridine rings is 1. The molecule has 0 aliphatic rings. The van der Waals surface area contributed by atoms with Crippen LogP contribution in [0.25, 0.3) is 0 Å². The zero-order chi connectivity index (χ0) is 12.3. The standard InChI is InChI=1S/C10H14N2O4/c1-5-7(11)3-6(4-12-5)8(13)9(14)10(15)16-2/h3-4,8-9,13-14H,11H2,1-2H3. The fourth-order valence-electron chi connectivity index (χ4n) is 1.16. The summed E-state index contributed by atoms with van der Waals surface area (Å²) in [5.41, 5.74) is 6.86. The van der Waals surface area contributed by atoms with Gasteiger partial charge in [0.2, 0.25) is 0 Å². The van der Waals surface area contributed by atoms with E-state index in [0.717, 1.165) is 7.11 Å². The van der Waals surface area contributed by atoms with Gasteiger partial charge in [0.15, 0.2) is 6.10 Å². The fourth-order valence-corrected chi connectivity index (χ4v) is 1.16. The molecule has 1 aromatic heterocycles. The van der Waals surface area contributed by atoms with E-state index < -0.39 is 18.2 Å². The summed E-state index contributed by atoms with van der Waals surface area (Å²) in [5.74, 6) is -0.911. The summed E-state index contributed by atoms with van der Waals surface area (Å²) < 4.78 is 4.31. The number of anilines is 1. The van der Waals surface area contributed by atoms with Gasteiger partial charge in [-0.2, -0.15) is 0 Å². The molecule has 0 spiro atoms. The molecule has 4 N–H and O–H groups in total. The molecular weight excluding hydrogens is 212 g/mol. The molecular formula is C10H14N2O4. The molecule has 0 amide bonds. The van der Waals surface area contributed by atoms with E-state index in [0.29, 0.717) is 11.4 Å². The third-order valence-electron chi connectivity index (χ3n) is 2.23. The third-order valence-corrected chi connectivity index (χ3v) is 2.23.